The molecule has 3 aromatic heterocycles. The van der Waals surface area contributed by atoms with E-state index in [1.165, 1.54) is 5.56 Å². The molecule has 0 radical (unpaired) electrons. The van der Waals surface area contributed by atoms with E-state index >= 15 is 0 Å². The van der Waals surface area contributed by atoms with Gasteiger partial charge in [-0.05, 0) is 32.0 Å². The SMILES string of the molecule is CC(CNc1nc(-c2ccccn2)nc2c1CCNCC2)n1ccnc1. The lowest BCUT2D eigenvalue weighted by atomic mass is 10.1. The smallest absolute Gasteiger partial charge is 0.180 e. The van der Waals surface area contributed by atoms with E-state index in [9.17, 15) is 0 Å². The van der Waals surface area contributed by atoms with Crippen molar-refractivity contribution >= 4 is 5.82 Å². The first-order chi connectivity index (χ1) is 12.8. The number of nitrogens with one attached hydrogen (secondary N) is 2. The molecule has 2 N–H and O–H groups in total. The fourth-order valence-electron chi connectivity index (χ4n) is 3.18. The van der Waals surface area contributed by atoms with Crippen molar-refractivity contribution in [3.05, 3.63) is 54.4 Å². The molecule has 1 aliphatic rings. The Bertz CT molecular complexity index is 846. The number of hydrogen-bond donors (Lipinski definition) is 2. The highest BCUT2D eigenvalue weighted by molar-refractivity contribution is 5.57. The number of pyridine rings is 1. The van der Waals surface area contributed by atoms with E-state index in [0.29, 0.717) is 5.82 Å². The van der Waals surface area contributed by atoms with Crippen LogP contribution in [-0.4, -0.2) is 44.1 Å². The second kappa shape index (κ2) is 7.61. The van der Waals surface area contributed by atoms with Crippen LogP contribution in [0.2, 0.25) is 0 Å². The van der Waals surface area contributed by atoms with E-state index in [-0.39, 0.29) is 6.04 Å². The molecule has 1 atom stereocenters. The quantitative estimate of drug-likeness (QED) is 0.734. The summed E-state index contributed by atoms with van der Waals surface area (Å²) in [6.45, 7) is 4.83. The van der Waals surface area contributed by atoms with Crippen molar-refractivity contribution in [3.63, 3.8) is 0 Å². The van der Waals surface area contributed by atoms with Crippen molar-refractivity contribution in [2.75, 3.05) is 25.0 Å². The zero-order valence-corrected chi connectivity index (χ0v) is 14.9. The predicted molar refractivity (Wildman–Crippen MR) is 101 cm³/mol. The summed E-state index contributed by atoms with van der Waals surface area (Å²) in [6, 6.07) is 6.11. The highest BCUT2D eigenvalue weighted by Crippen LogP contribution is 2.24. The van der Waals surface area contributed by atoms with Crippen LogP contribution in [0.5, 0.6) is 0 Å². The summed E-state index contributed by atoms with van der Waals surface area (Å²) >= 11 is 0. The van der Waals surface area contributed by atoms with E-state index in [0.717, 1.165) is 49.7 Å². The van der Waals surface area contributed by atoms with Gasteiger partial charge >= 0.3 is 0 Å². The molecule has 0 aromatic carbocycles. The fourth-order valence-corrected chi connectivity index (χ4v) is 3.18. The summed E-state index contributed by atoms with van der Waals surface area (Å²) in [5, 5.41) is 6.99. The summed E-state index contributed by atoms with van der Waals surface area (Å²) < 4.78 is 2.09. The molecule has 0 aliphatic carbocycles. The number of nitrogens with zero attached hydrogens (tertiary/aromatic N) is 5. The summed E-state index contributed by atoms with van der Waals surface area (Å²) in [6.07, 6.45) is 9.24. The average Bonchev–Trinajstić information content (AvgIpc) is 3.12. The zero-order chi connectivity index (χ0) is 17.8. The van der Waals surface area contributed by atoms with Gasteiger partial charge in [0.2, 0.25) is 0 Å². The fraction of sp³-hybridized carbons (Fsp3) is 0.368. The molecular weight excluding hydrogens is 326 g/mol. The monoisotopic (exact) mass is 349 g/mol. The van der Waals surface area contributed by atoms with Gasteiger partial charge in [-0.25, -0.2) is 15.0 Å². The van der Waals surface area contributed by atoms with Gasteiger partial charge in [0, 0.05) is 49.7 Å². The molecule has 4 heterocycles. The predicted octanol–water partition coefficient (Wildman–Crippen LogP) is 2.10. The van der Waals surface area contributed by atoms with Gasteiger partial charge in [-0.2, -0.15) is 0 Å². The van der Waals surface area contributed by atoms with Crippen molar-refractivity contribution < 1.29 is 0 Å². The minimum absolute atomic E-state index is 0.283. The number of fused-ring (bicyclic) bond motifs is 1. The maximum Gasteiger partial charge on any atom is 0.180 e. The Labute approximate surface area is 152 Å². The van der Waals surface area contributed by atoms with E-state index < -0.39 is 0 Å². The Morgan fingerprint density at radius 1 is 1.19 bits per heavy atom. The number of rotatable bonds is 5. The van der Waals surface area contributed by atoms with E-state index in [4.69, 9.17) is 9.97 Å². The molecule has 0 saturated carbocycles. The average molecular weight is 349 g/mol. The normalized spacial score (nSPS) is 15.1. The molecule has 26 heavy (non-hydrogen) atoms. The Kier molecular flexibility index (Phi) is 4.88. The van der Waals surface area contributed by atoms with Gasteiger partial charge in [-0.15, -0.1) is 0 Å². The zero-order valence-electron chi connectivity index (χ0n) is 14.9. The van der Waals surface area contributed by atoms with Crippen molar-refractivity contribution in [1.82, 2.24) is 29.8 Å². The van der Waals surface area contributed by atoms with Gasteiger partial charge in [0.25, 0.3) is 0 Å². The summed E-state index contributed by atoms with van der Waals surface area (Å²) in [5.74, 6) is 1.61. The first-order valence-corrected chi connectivity index (χ1v) is 9.04. The summed E-state index contributed by atoms with van der Waals surface area (Å²) in [5.41, 5.74) is 3.13. The first kappa shape index (κ1) is 16.7. The third-order valence-corrected chi connectivity index (χ3v) is 4.68. The van der Waals surface area contributed by atoms with Crippen LogP contribution in [0.4, 0.5) is 5.82 Å². The lowest BCUT2D eigenvalue weighted by molar-refractivity contribution is 0.571. The molecule has 0 fully saturated rings. The van der Waals surface area contributed by atoms with E-state index in [1.54, 1.807) is 12.4 Å². The molecule has 134 valence electrons. The molecule has 0 bridgehead atoms. The minimum Gasteiger partial charge on any atom is -0.368 e. The highest BCUT2D eigenvalue weighted by atomic mass is 15.1. The third-order valence-electron chi connectivity index (χ3n) is 4.68. The molecule has 0 saturated heterocycles. The second-order valence-corrected chi connectivity index (χ2v) is 6.53. The third kappa shape index (κ3) is 3.57. The molecule has 0 amide bonds. The van der Waals surface area contributed by atoms with Gasteiger partial charge in [0.05, 0.1) is 12.0 Å². The lowest BCUT2D eigenvalue weighted by Crippen LogP contribution is -2.18. The maximum absolute atomic E-state index is 4.81. The Morgan fingerprint density at radius 2 is 2.12 bits per heavy atom. The van der Waals surface area contributed by atoms with Crippen LogP contribution < -0.4 is 10.6 Å². The van der Waals surface area contributed by atoms with Crippen LogP contribution in [0, 0.1) is 0 Å². The van der Waals surface area contributed by atoms with E-state index in [2.05, 4.69) is 32.1 Å². The molecular formula is C19H23N7. The Morgan fingerprint density at radius 3 is 2.92 bits per heavy atom. The Hall–Kier alpha value is -2.80. The first-order valence-electron chi connectivity index (χ1n) is 9.04. The van der Waals surface area contributed by atoms with Crippen molar-refractivity contribution in [1.29, 1.82) is 0 Å². The Balaban J connectivity index is 1.65. The molecule has 0 spiro atoms. The summed E-state index contributed by atoms with van der Waals surface area (Å²) in [4.78, 5) is 18.2. The van der Waals surface area contributed by atoms with Crippen LogP contribution in [0.15, 0.2) is 43.1 Å². The molecule has 3 aromatic rings. The number of anilines is 1. The van der Waals surface area contributed by atoms with Gasteiger partial charge < -0.3 is 15.2 Å². The van der Waals surface area contributed by atoms with Crippen LogP contribution in [-0.2, 0) is 12.8 Å². The van der Waals surface area contributed by atoms with Gasteiger partial charge in [0.15, 0.2) is 5.82 Å². The highest BCUT2D eigenvalue weighted by Gasteiger charge is 2.18. The van der Waals surface area contributed by atoms with Crippen LogP contribution in [0.1, 0.15) is 24.2 Å². The van der Waals surface area contributed by atoms with Gasteiger partial charge in [0.1, 0.15) is 11.5 Å². The molecule has 7 heteroatoms. The second-order valence-electron chi connectivity index (χ2n) is 6.53. The van der Waals surface area contributed by atoms with E-state index in [1.807, 2.05) is 30.7 Å². The molecule has 1 aliphatic heterocycles. The van der Waals surface area contributed by atoms with Crippen LogP contribution in [0.3, 0.4) is 0 Å². The summed E-state index contributed by atoms with van der Waals surface area (Å²) in [7, 11) is 0. The molecule has 4 rings (SSSR count). The standard InChI is InChI=1S/C19H23N7/c1-14(26-11-10-21-13-26)12-23-18-15-5-8-20-9-6-16(15)24-19(25-18)17-4-2-3-7-22-17/h2-4,7,10-11,13-14,20H,5-6,8-9,12H2,1H3,(H,23,24,25). The molecule has 1 unspecified atom stereocenters. The minimum atomic E-state index is 0.283. The van der Waals surface area contributed by atoms with Crippen molar-refractivity contribution in [3.8, 4) is 11.5 Å². The maximum atomic E-state index is 4.81. The molecule has 7 nitrogen and oxygen atoms in total. The number of imidazole rings is 1. The van der Waals surface area contributed by atoms with Gasteiger partial charge in [-0.3, -0.25) is 4.98 Å². The van der Waals surface area contributed by atoms with Crippen molar-refractivity contribution in [2.45, 2.75) is 25.8 Å². The van der Waals surface area contributed by atoms with Crippen LogP contribution >= 0.6 is 0 Å². The largest absolute Gasteiger partial charge is 0.368 e. The number of hydrogen-bond acceptors (Lipinski definition) is 6. The van der Waals surface area contributed by atoms with Gasteiger partial charge in [-0.1, -0.05) is 6.07 Å². The topological polar surface area (TPSA) is 80.5 Å². The van der Waals surface area contributed by atoms with Crippen LogP contribution in [0.25, 0.3) is 11.5 Å². The lowest BCUT2D eigenvalue weighted by Gasteiger charge is -2.18. The number of aromatic nitrogens is 5. The van der Waals surface area contributed by atoms with Crippen molar-refractivity contribution in [2.24, 2.45) is 0 Å².